The van der Waals surface area contributed by atoms with Crippen LogP contribution in [0.1, 0.15) is 35.3 Å². The van der Waals surface area contributed by atoms with Crippen molar-refractivity contribution >= 4 is 11.9 Å². The van der Waals surface area contributed by atoms with E-state index in [1.807, 2.05) is 44.2 Å². The van der Waals surface area contributed by atoms with Gasteiger partial charge in [-0.25, -0.2) is 0 Å². The highest BCUT2D eigenvalue weighted by Crippen LogP contribution is 2.18. The van der Waals surface area contributed by atoms with Crippen molar-refractivity contribution in [1.82, 2.24) is 5.32 Å². The molecule has 0 aliphatic rings. The molecule has 0 aliphatic heterocycles. The molecular weight excluding hydrogens is 290 g/mol. The van der Waals surface area contributed by atoms with Gasteiger partial charge in [-0.3, -0.25) is 9.59 Å². The predicted molar refractivity (Wildman–Crippen MR) is 88.7 cm³/mol. The van der Waals surface area contributed by atoms with Crippen LogP contribution in [0.5, 0.6) is 0 Å². The van der Waals surface area contributed by atoms with Gasteiger partial charge in [-0.05, 0) is 25.0 Å². The molecule has 0 heterocycles. The molecule has 1 unspecified atom stereocenters. The highest BCUT2D eigenvalue weighted by atomic mass is 16.5. The molecule has 0 saturated carbocycles. The largest absolute Gasteiger partial charge is 0.447 e. The minimum absolute atomic E-state index is 0.327. The molecule has 23 heavy (non-hydrogen) atoms. The number of ether oxygens (including phenoxy) is 1. The average molecular weight is 311 g/mol. The standard InChI is InChI=1S/C19H21NO3/c1-13-9-10-17(14(2)11-13)12-20-19(22)18(23-15(3)21)16-7-5-4-6-8-16/h4-11,18H,12H2,1-3H3,(H,20,22). The van der Waals surface area contributed by atoms with E-state index in [9.17, 15) is 9.59 Å². The lowest BCUT2D eigenvalue weighted by molar-refractivity contribution is -0.154. The van der Waals surface area contributed by atoms with Crippen molar-refractivity contribution < 1.29 is 14.3 Å². The number of hydrogen-bond acceptors (Lipinski definition) is 3. The first kappa shape index (κ1) is 16.7. The summed E-state index contributed by atoms with van der Waals surface area (Å²) < 4.78 is 5.19. The Bertz CT molecular complexity index is 695. The summed E-state index contributed by atoms with van der Waals surface area (Å²) in [6.45, 7) is 5.74. The van der Waals surface area contributed by atoms with E-state index in [1.54, 1.807) is 12.1 Å². The lowest BCUT2D eigenvalue weighted by Gasteiger charge is -2.17. The zero-order chi connectivity index (χ0) is 16.8. The van der Waals surface area contributed by atoms with E-state index >= 15 is 0 Å². The maximum Gasteiger partial charge on any atom is 0.303 e. The molecule has 0 saturated heterocycles. The molecule has 2 rings (SSSR count). The van der Waals surface area contributed by atoms with Crippen molar-refractivity contribution in [2.24, 2.45) is 0 Å². The van der Waals surface area contributed by atoms with Crippen LogP contribution < -0.4 is 5.32 Å². The second-order valence-corrected chi connectivity index (χ2v) is 5.55. The van der Waals surface area contributed by atoms with Crippen LogP contribution in [0.3, 0.4) is 0 Å². The number of carbonyl (C=O) groups is 2. The van der Waals surface area contributed by atoms with E-state index < -0.39 is 12.1 Å². The number of nitrogens with one attached hydrogen (secondary N) is 1. The second kappa shape index (κ2) is 7.58. The van der Waals surface area contributed by atoms with Crippen LogP contribution in [0.2, 0.25) is 0 Å². The summed E-state index contributed by atoms with van der Waals surface area (Å²) >= 11 is 0. The highest BCUT2D eigenvalue weighted by Gasteiger charge is 2.23. The molecule has 120 valence electrons. The summed E-state index contributed by atoms with van der Waals surface area (Å²) in [5, 5.41) is 2.85. The average Bonchev–Trinajstić information content (AvgIpc) is 2.52. The van der Waals surface area contributed by atoms with Gasteiger partial charge >= 0.3 is 5.97 Å². The number of esters is 1. The number of benzene rings is 2. The Morgan fingerprint density at radius 2 is 1.78 bits per heavy atom. The first-order valence-electron chi connectivity index (χ1n) is 7.53. The maximum atomic E-state index is 12.4. The van der Waals surface area contributed by atoms with Gasteiger partial charge < -0.3 is 10.1 Å². The van der Waals surface area contributed by atoms with E-state index in [2.05, 4.69) is 11.4 Å². The molecule has 0 fully saturated rings. The van der Waals surface area contributed by atoms with Crippen LogP contribution in [-0.2, 0) is 20.9 Å². The van der Waals surface area contributed by atoms with Crippen LogP contribution in [0.4, 0.5) is 0 Å². The molecule has 0 radical (unpaired) electrons. The molecule has 0 aliphatic carbocycles. The molecular formula is C19H21NO3. The fourth-order valence-electron chi connectivity index (χ4n) is 2.39. The molecule has 1 amide bonds. The van der Waals surface area contributed by atoms with E-state index in [0.717, 1.165) is 11.1 Å². The number of amides is 1. The van der Waals surface area contributed by atoms with Gasteiger partial charge in [0.15, 0.2) is 0 Å². The zero-order valence-corrected chi connectivity index (χ0v) is 13.6. The predicted octanol–water partition coefficient (Wildman–Crippen LogP) is 3.22. The van der Waals surface area contributed by atoms with E-state index in [4.69, 9.17) is 4.74 Å². The molecule has 1 N–H and O–H groups in total. The van der Waals surface area contributed by atoms with Gasteiger partial charge in [-0.15, -0.1) is 0 Å². The lowest BCUT2D eigenvalue weighted by Crippen LogP contribution is -2.31. The topological polar surface area (TPSA) is 55.4 Å². The number of aryl methyl sites for hydroxylation is 2. The van der Waals surface area contributed by atoms with Gasteiger partial charge in [0.1, 0.15) is 0 Å². The Labute approximate surface area is 136 Å². The molecule has 0 spiro atoms. The molecule has 1 atom stereocenters. The van der Waals surface area contributed by atoms with Crippen LogP contribution in [0.15, 0.2) is 48.5 Å². The van der Waals surface area contributed by atoms with Crippen LogP contribution >= 0.6 is 0 Å². The van der Waals surface area contributed by atoms with Crippen molar-refractivity contribution in [3.63, 3.8) is 0 Å². The Balaban J connectivity index is 2.10. The third-order valence-corrected chi connectivity index (χ3v) is 3.58. The van der Waals surface area contributed by atoms with E-state index in [1.165, 1.54) is 12.5 Å². The van der Waals surface area contributed by atoms with Crippen molar-refractivity contribution in [2.75, 3.05) is 0 Å². The van der Waals surface area contributed by atoms with Gasteiger partial charge in [0.2, 0.25) is 6.10 Å². The number of hydrogen-bond donors (Lipinski definition) is 1. The summed E-state index contributed by atoms with van der Waals surface area (Å²) in [5.74, 6) is -0.813. The minimum Gasteiger partial charge on any atom is -0.447 e. The smallest absolute Gasteiger partial charge is 0.303 e. The summed E-state index contributed by atoms with van der Waals surface area (Å²) in [6, 6.07) is 15.1. The molecule has 2 aromatic carbocycles. The van der Waals surface area contributed by atoms with E-state index in [0.29, 0.717) is 12.1 Å². The first-order valence-corrected chi connectivity index (χ1v) is 7.53. The van der Waals surface area contributed by atoms with Gasteiger partial charge in [0.05, 0.1) is 0 Å². The Morgan fingerprint density at radius 3 is 2.39 bits per heavy atom. The zero-order valence-electron chi connectivity index (χ0n) is 13.6. The lowest BCUT2D eigenvalue weighted by atomic mass is 10.1. The first-order chi connectivity index (χ1) is 11.0. The summed E-state index contributed by atoms with van der Waals surface area (Å²) in [5.41, 5.74) is 3.99. The Hall–Kier alpha value is -2.62. The highest BCUT2D eigenvalue weighted by molar-refractivity contribution is 5.84. The third kappa shape index (κ3) is 4.68. The van der Waals surface area contributed by atoms with Crippen molar-refractivity contribution in [3.8, 4) is 0 Å². The summed E-state index contributed by atoms with van der Waals surface area (Å²) in [7, 11) is 0. The van der Waals surface area contributed by atoms with Crippen LogP contribution in [0, 0.1) is 13.8 Å². The quantitative estimate of drug-likeness (QED) is 0.863. The third-order valence-electron chi connectivity index (χ3n) is 3.58. The fraction of sp³-hybridized carbons (Fsp3) is 0.263. The van der Waals surface area contributed by atoms with E-state index in [-0.39, 0.29) is 5.91 Å². The molecule has 2 aromatic rings. The van der Waals surface area contributed by atoms with Gasteiger partial charge in [0, 0.05) is 19.0 Å². The number of carbonyl (C=O) groups excluding carboxylic acids is 2. The SMILES string of the molecule is CC(=O)OC(C(=O)NCc1ccc(C)cc1C)c1ccccc1. The van der Waals surface area contributed by atoms with Crippen LogP contribution in [0.25, 0.3) is 0 Å². The Kier molecular flexibility index (Phi) is 5.52. The van der Waals surface area contributed by atoms with Gasteiger partial charge in [-0.2, -0.15) is 0 Å². The normalized spacial score (nSPS) is 11.6. The maximum absolute atomic E-state index is 12.4. The minimum atomic E-state index is -0.931. The van der Waals surface area contributed by atoms with Crippen molar-refractivity contribution in [3.05, 3.63) is 70.8 Å². The van der Waals surface area contributed by atoms with Gasteiger partial charge in [-0.1, -0.05) is 54.1 Å². The summed E-state index contributed by atoms with van der Waals surface area (Å²) in [6.07, 6.45) is -0.931. The molecule has 4 heteroatoms. The number of rotatable bonds is 5. The van der Waals surface area contributed by atoms with Crippen molar-refractivity contribution in [2.45, 2.75) is 33.4 Å². The molecule has 0 bridgehead atoms. The molecule has 4 nitrogen and oxygen atoms in total. The fourth-order valence-corrected chi connectivity index (χ4v) is 2.39. The monoisotopic (exact) mass is 311 g/mol. The Morgan fingerprint density at radius 1 is 1.09 bits per heavy atom. The van der Waals surface area contributed by atoms with Crippen molar-refractivity contribution in [1.29, 1.82) is 0 Å². The second-order valence-electron chi connectivity index (χ2n) is 5.55. The van der Waals surface area contributed by atoms with Crippen LogP contribution in [-0.4, -0.2) is 11.9 Å². The van der Waals surface area contributed by atoms with Gasteiger partial charge in [0.25, 0.3) is 5.91 Å². The summed E-state index contributed by atoms with van der Waals surface area (Å²) in [4.78, 5) is 23.7. The molecule has 0 aromatic heterocycles.